The van der Waals surface area contributed by atoms with E-state index >= 15 is 0 Å². The third-order valence-corrected chi connectivity index (χ3v) is 5.12. The van der Waals surface area contributed by atoms with Crippen LogP contribution in [0.1, 0.15) is 12.5 Å². The zero-order chi connectivity index (χ0) is 21.0. The second kappa shape index (κ2) is 9.06. The lowest BCUT2D eigenvalue weighted by Gasteiger charge is -2.15. The molecule has 150 valence electrons. The lowest BCUT2D eigenvalue weighted by molar-refractivity contribution is -0.120. The van der Waals surface area contributed by atoms with Crippen molar-refractivity contribution in [1.29, 1.82) is 0 Å². The summed E-state index contributed by atoms with van der Waals surface area (Å²) in [6, 6.07) is 11.0. The molecule has 0 atom stereocenters. The van der Waals surface area contributed by atoms with E-state index < -0.39 is 17.6 Å². The largest absolute Gasteiger partial charge is 0.490 e. The third-order valence-electron chi connectivity index (χ3n) is 3.82. The number of thioether (sulfide) groups is 1. The first kappa shape index (κ1) is 20.8. The summed E-state index contributed by atoms with van der Waals surface area (Å²) in [6.07, 6.45) is 1.64. The number of carbonyl (C=O) groups excluding carboxylic acids is 2. The number of halogens is 1. The Morgan fingerprint density at radius 2 is 2.00 bits per heavy atom. The molecular formula is C20H17FN2O4S2. The second-order valence-corrected chi connectivity index (χ2v) is 7.54. The predicted molar refractivity (Wildman–Crippen MR) is 114 cm³/mol. The zero-order valence-corrected chi connectivity index (χ0v) is 17.0. The van der Waals surface area contributed by atoms with E-state index in [0.717, 1.165) is 11.8 Å². The number of ether oxygens (including phenoxy) is 2. The molecule has 2 aromatic rings. The molecule has 29 heavy (non-hydrogen) atoms. The number of thiocarbonyl (C=S) groups is 1. The van der Waals surface area contributed by atoms with Crippen LogP contribution in [0.4, 0.5) is 10.1 Å². The number of amides is 2. The molecule has 0 unspecified atom stereocenters. The maximum atomic E-state index is 14.1. The van der Waals surface area contributed by atoms with Crippen molar-refractivity contribution in [3.05, 3.63) is 58.8 Å². The molecule has 1 saturated heterocycles. The highest BCUT2D eigenvalue weighted by atomic mass is 32.2. The van der Waals surface area contributed by atoms with E-state index in [1.165, 1.54) is 17.0 Å². The molecule has 2 N–H and O–H groups in total. The maximum absolute atomic E-state index is 14.1. The maximum Gasteiger partial charge on any atom is 0.270 e. The summed E-state index contributed by atoms with van der Waals surface area (Å²) >= 11 is 6.36. The Bertz CT molecular complexity index is 1010. The van der Waals surface area contributed by atoms with Crippen molar-refractivity contribution in [1.82, 2.24) is 0 Å². The van der Waals surface area contributed by atoms with Crippen LogP contribution in [-0.2, 0) is 9.59 Å². The Morgan fingerprint density at radius 3 is 2.69 bits per heavy atom. The first-order chi connectivity index (χ1) is 13.9. The highest BCUT2D eigenvalue weighted by Gasteiger charge is 2.34. The van der Waals surface area contributed by atoms with Gasteiger partial charge in [0.15, 0.2) is 22.4 Å². The minimum atomic E-state index is -0.603. The lowest BCUT2D eigenvalue weighted by Crippen LogP contribution is -2.28. The minimum absolute atomic E-state index is 0.114. The average molecular weight is 432 g/mol. The van der Waals surface area contributed by atoms with E-state index in [-0.39, 0.29) is 16.6 Å². The number of nitrogens with two attached hydrogens (primary N) is 1. The van der Waals surface area contributed by atoms with Gasteiger partial charge in [0.25, 0.3) is 11.8 Å². The van der Waals surface area contributed by atoms with Crippen LogP contribution in [0, 0.1) is 5.82 Å². The molecule has 9 heteroatoms. The van der Waals surface area contributed by atoms with Gasteiger partial charge in [-0.3, -0.25) is 14.5 Å². The summed E-state index contributed by atoms with van der Waals surface area (Å²) in [5.74, 6) is -0.765. The molecule has 6 nitrogen and oxygen atoms in total. The summed E-state index contributed by atoms with van der Waals surface area (Å²) in [7, 11) is 0. The molecule has 0 aliphatic carbocycles. The van der Waals surface area contributed by atoms with Crippen molar-refractivity contribution in [2.75, 3.05) is 18.1 Å². The van der Waals surface area contributed by atoms with Crippen molar-refractivity contribution in [2.45, 2.75) is 6.92 Å². The molecule has 3 rings (SSSR count). The van der Waals surface area contributed by atoms with Gasteiger partial charge in [0.05, 0.1) is 17.2 Å². The number of para-hydroxylation sites is 1. The van der Waals surface area contributed by atoms with Gasteiger partial charge in [0, 0.05) is 0 Å². The highest BCUT2D eigenvalue weighted by Crippen LogP contribution is 2.38. The molecule has 1 aliphatic rings. The van der Waals surface area contributed by atoms with E-state index in [1.807, 2.05) is 6.92 Å². The second-order valence-electron chi connectivity index (χ2n) is 5.86. The van der Waals surface area contributed by atoms with E-state index in [0.29, 0.717) is 28.6 Å². The van der Waals surface area contributed by atoms with Gasteiger partial charge >= 0.3 is 0 Å². The zero-order valence-electron chi connectivity index (χ0n) is 15.4. The number of hydrogen-bond acceptors (Lipinski definition) is 6. The first-order valence-corrected chi connectivity index (χ1v) is 9.83. The van der Waals surface area contributed by atoms with Crippen LogP contribution in [0.5, 0.6) is 11.5 Å². The number of carbonyl (C=O) groups is 2. The van der Waals surface area contributed by atoms with Crippen molar-refractivity contribution in [3.8, 4) is 11.5 Å². The molecule has 0 bridgehead atoms. The first-order valence-electron chi connectivity index (χ1n) is 8.61. The summed E-state index contributed by atoms with van der Waals surface area (Å²) in [6.45, 7) is 1.91. The predicted octanol–water partition coefficient (Wildman–Crippen LogP) is 3.49. The third kappa shape index (κ3) is 4.75. The lowest BCUT2D eigenvalue weighted by atomic mass is 10.1. The van der Waals surface area contributed by atoms with E-state index in [2.05, 4.69) is 0 Å². The molecule has 1 fully saturated rings. The van der Waals surface area contributed by atoms with E-state index in [1.54, 1.807) is 36.4 Å². The summed E-state index contributed by atoms with van der Waals surface area (Å²) < 4.78 is 25.2. The average Bonchev–Trinajstić information content (AvgIpc) is 2.95. The fraction of sp³-hybridized carbons (Fsp3) is 0.150. The molecule has 2 aromatic carbocycles. The molecule has 2 amide bonds. The number of hydrogen-bond donors (Lipinski definition) is 1. The minimum Gasteiger partial charge on any atom is -0.490 e. The highest BCUT2D eigenvalue weighted by molar-refractivity contribution is 8.27. The molecule has 1 heterocycles. The van der Waals surface area contributed by atoms with E-state index in [4.69, 9.17) is 27.4 Å². The Balaban J connectivity index is 1.89. The standard InChI is InChI=1S/C20H17FN2O4S2/c1-2-26-16-9-12(7-8-15(16)27-11-18(22)24)10-17-19(25)23(20(28)29-17)14-6-4-3-5-13(14)21/h3-10H,2,11H2,1H3,(H2,22,24)/b17-10+. The number of nitrogens with zero attached hydrogens (tertiary/aromatic N) is 1. The van der Waals surface area contributed by atoms with E-state index in [9.17, 15) is 14.0 Å². The van der Waals surface area contributed by atoms with Crippen LogP contribution in [0.15, 0.2) is 47.4 Å². The Morgan fingerprint density at radius 1 is 1.24 bits per heavy atom. The molecule has 0 spiro atoms. The van der Waals surface area contributed by atoms with Crippen molar-refractivity contribution in [3.63, 3.8) is 0 Å². The van der Waals surface area contributed by atoms with Crippen LogP contribution < -0.4 is 20.1 Å². The van der Waals surface area contributed by atoms with Crippen molar-refractivity contribution in [2.24, 2.45) is 5.73 Å². The van der Waals surface area contributed by atoms with Gasteiger partial charge in [0.2, 0.25) is 0 Å². The van der Waals surface area contributed by atoms with Gasteiger partial charge < -0.3 is 15.2 Å². The normalized spacial score (nSPS) is 15.1. The Hall–Kier alpha value is -2.91. The Labute approximate surface area is 176 Å². The van der Waals surface area contributed by atoms with Gasteiger partial charge in [-0.15, -0.1) is 0 Å². The van der Waals surface area contributed by atoms with Gasteiger partial charge in [-0.05, 0) is 42.8 Å². The fourth-order valence-electron chi connectivity index (χ4n) is 2.61. The topological polar surface area (TPSA) is 81.9 Å². The van der Waals surface area contributed by atoms with Gasteiger partial charge in [-0.25, -0.2) is 4.39 Å². The van der Waals surface area contributed by atoms with Gasteiger partial charge in [-0.2, -0.15) is 0 Å². The summed E-state index contributed by atoms with van der Waals surface area (Å²) in [5.41, 5.74) is 5.88. The number of benzene rings is 2. The van der Waals surface area contributed by atoms with Crippen LogP contribution in [0.2, 0.25) is 0 Å². The molecule has 1 aliphatic heterocycles. The summed E-state index contributed by atoms with van der Waals surface area (Å²) in [4.78, 5) is 25.3. The number of rotatable bonds is 7. The Kier molecular flexibility index (Phi) is 6.50. The van der Waals surface area contributed by atoms with Crippen LogP contribution in [-0.4, -0.2) is 29.3 Å². The van der Waals surface area contributed by atoms with Crippen LogP contribution in [0.3, 0.4) is 0 Å². The smallest absolute Gasteiger partial charge is 0.270 e. The van der Waals surface area contributed by atoms with Crippen molar-refractivity contribution < 1.29 is 23.5 Å². The molecule has 0 aromatic heterocycles. The monoisotopic (exact) mass is 432 g/mol. The SMILES string of the molecule is CCOc1cc(/C=C2/SC(=S)N(c3ccccc3F)C2=O)ccc1OCC(N)=O. The number of primary amides is 1. The van der Waals surface area contributed by atoms with Crippen LogP contribution in [0.25, 0.3) is 6.08 Å². The summed E-state index contributed by atoms with van der Waals surface area (Å²) in [5, 5.41) is 0. The quantitative estimate of drug-likeness (QED) is 0.533. The van der Waals surface area contributed by atoms with Crippen LogP contribution >= 0.6 is 24.0 Å². The molecule has 0 saturated carbocycles. The number of anilines is 1. The van der Waals surface area contributed by atoms with Gasteiger partial charge in [-0.1, -0.05) is 42.2 Å². The van der Waals surface area contributed by atoms with Gasteiger partial charge in [0.1, 0.15) is 5.82 Å². The molecular weight excluding hydrogens is 415 g/mol. The molecule has 0 radical (unpaired) electrons. The van der Waals surface area contributed by atoms with Crippen molar-refractivity contribution >= 4 is 51.9 Å². The fourth-order valence-corrected chi connectivity index (χ4v) is 3.90.